The van der Waals surface area contributed by atoms with Crippen molar-refractivity contribution in [2.45, 2.75) is 19.3 Å². The predicted molar refractivity (Wildman–Crippen MR) is 73.4 cm³/mol. The second-order valence-corrected chi connectivity index (χ2v) is 4.78. The number of hydrogen-bond donors (Lipinski definition) is 1. The summed E-state index contributed by atoms with van der Waals surface area (Å²) in [6, 6.07) is 2.90. The van der Waals surface area contributed by atoms with Crippen molar-refractivity contribution in [2.24, 2.45) is 5.92 Å². The Morgan fingerprint density at radius 1 is 1.22 bits per heavy atom. The number of ether oxygens (including phenoxy) is 3. The van der Waals surface area contributed by atoms with Crippen LogP contribution in [0.2, 0.25) is 0 Å². The summed E-state index contributed by atoms with van der Waals surface area (Å²) in [5.41, 5.74) is 0.231. The Hall–Kier alpha value is -2.64. The first-order valence-corrected chi connectivity index (χ1v) is 6.76. The van der Waals surface area contributed by atoms with Gasteiger partial charge in [-0.3, -0.25) is 9.59 Å². The molecule has 1 N–H and O–H groups in total. The number of rotatable bonds is 6. The summed E-state index contributed by atoms with van der Waals surface area (Å²) >= 11 is 0. The van der Waals surface area contributed by atoms with Gasteiger partial charge in [-0.05, 0) is 17.7 Å². The van der Waals surface area contributed by atoms with Crippen molar-refractivity contribution in [3.05, 3.63) is 47.9 Å². The molecule has 1 heterocycles. The van der Waals surface area contributed by atoms with E-state index in [1.807, 2.05) is 0 Å². The summed E-state index contributed by atoms with van der Waals surface area (Å²) < 4.78 is 40.8. The average molecular weight is 327 g/mol. The number of carbonyl (C=O) groups excluding carboxylic acids is 2. The second kappa shape index (κ2) is 7.57. The minimum absolute atomic E-state index is 0.0526. The molecule has 2 rings (SSSR count). The molecule has 0 aromatic heterocycles. The fraction of sp³-hybridized carbons (Fsp3) is 0.333. The van der Waals surface area contributed by atoms with E-state index >= 15 is 0 Å². The van der Waals surface area contributed by atoms with Crippen LogP contribution in [0.25, 0.3) is 0 Å². The Morgan fingerprint density at radius 3 is 2.39 bits per heavy atom. The van der Waals surface area contributed by atoms with Gasteiger partial charge < -0.3 is 19.5 Å². The van der Waals surface area contributed by atoms with E-state index in [2.05, 4.69) is 10.1 Å². The molecule has 1 aliphatic heterocycles. The SMILES string of the molecule is COC(=O)C(CC1OC=CO1)C(=O)NCc1cc(F)cc(F)c1. The van der Waals surface area contributed by atoms with Crippen LogP contribution in [0, 0.1) is 17.6 Å². The topological polar surface area (TPSA) is 73.9 Å². The van der Waals surface area contributed by atoms with Crippen LogP contribution in [0.5, 0.6) is 0 Å². The molecule has 0 fully saturated rings. The van der Waals surface area contributed by atoms with Crippen LogP contribution in [0.4, 0.5) is 8.78 Å². The highest BCUT2D eigenvalue weighted by atomic mass is 19.1. The maximum absolute atomic E-state index is 13.1. The molecule has 1 unspecified atom stereocenters. The maximum atomic E-state index is 13.1. The lowest BCUT2D eigenvalue weighted by Crippen LogP contribution is -2.38. The molecule has 23 heavy (non-hydrogen) atoms. The zero-order valence-electron chi connectivity index (χ0n) is 12.3. The van der Waals surface area contributed by atoms with E-state index in [1.54, 1.807) is 0 Å². The number of amides is 1. The highest BCUT2D eigenvalue weighted by Crippen LogP contribution is 2.17. The first-order valence-electron chi connectivity index (χ1n) is 6.76. The molecule has 0 bridgehead atoms. The lowest BCUT2D eigenvalue weighted by Gasteiger charge is -2.18. The standard InChI is InChI=1S/C15H15F2NO5/c1-21-15(20)12(7-13-22-2-3-23-13)14(19)18-8-9-4-10(16)6-11(17)5-9/h2-6,12-13H,7-8H2,1H3,(H,18,19). The molecule has 0 aliphatic carbocycles. The number of carbonyl (C=O) groups is 2. The van der Waals surface area contributed by atoms with E-state index in [-0.39, 0.29) is 18.5 Å². The van der Waals surface area contributed by atoms with Crippen molar-refractivity contribution < 1.29 is 32.6 Å². The minimum Gasteiger partial charge on any atom is -0.468 e. The predicted octanol–water partition coefficient (Wildman–Crippen LogP) is 1.60. The third kappa shape index (κ3) is 4.67. The third-order valence-corrected chi connectivity index (χ3v) is 3.14. The van der Waals surface area contributed by atoms with Gasteiger partial charge in [0.05, 0.1) is 7.11 Å². The summed E-state index contributed by atoms with van der Waals surface area (Å²) in [6.07, 6.45) is 1.78. The van der Waals surface area contributed by atoms with Gasteiger partial charge in [0.25, 0.3) is 0 Å². The fourth-order valence-electron chi connectivity index (χ4n) is 2.05. The summed E-state index contributed by atoms with van der Waals surface area (Å²) in [5, 5.41) is 2.44. The summed E-state index contributed by atoms with van der Waals surface area (Å²) in [7, 11) is 1.15. The molecule has 8 heteroatoms. The molecule has 0 radical (unpaired) electrons. The van der Waals surface area contributed by atoms with Gasteiger partial charge in [-0.1, -0.05) is 0 Å². The van der Waals surface area contributed by atoms with Crippen molar-refractivity contribution in [3.63, 3.8) is 0 Å². The summed E-state index contributed by atoms with van der Waals surface area (Å²) in [4.78, 5) is 23.9. The highest BCUT2D eigenvalue weighted by Gasteiger charge is 2.32. The second-order valence-electron chi connectivity index (χ2n) is 4.78. The molecule has 6 nitrogen and oxygen atoms in total. The highest BCUT2D eigenvalue weighted by molar-refractivity contribution is 5.97. The Balaban J connectivity index is 1.97. The average Bonchev–Trinajstić information content (AvgIpc) is 3.01. The quantitative estimate of drug-likeness (QED) is 0.635. The van der Waals surface area contributed by atoms with Crippen LogP contribution in [0.15, 0.2) is 30.7 Å². The molecular formula is C15H15F2NO5. The molecular weight excluding hydrogens is 312 g/mol. The fourth-order valence-corrected chi connectivity index (χ4v) is 2.05. The Labute approximate surface area is 131 Å². The van der Waals surface area contributed by atoms with Gasteiger partial charge in [0.2, 0.25) is 12.2 Å². The van der Waals surface area contributed by atoms with Crippen molar-refractivity contribution in [2.75, 3.05) is 7.11 Å². The Morgan fingerprint density at radius 2 is 1.83 bits per heavy atom. The minimum atomic E-state index is -1.16. The number of esters is 1. The van der Waals surface area contributed by atoms with Crippen LogP contribution < -0.4 is 5.32 Å². The normalized spacial score (nSPS) is 14.7. The third-order valence-electron chi connectivity index (χ3n) is 3.14. The van der Waals surface area contributed by atoms with Gasteiger partial charge in [-0.15, -0.1) is 0 Å². The van der Waals surface area contributed by atoms with Crippen molar-refractivity contribution >= 4 is 11.9 Å². The summed E-state index contributed by atoms with van der Waals surface area (Å²) in [5.74, 6) is -4.08. The van der Waals surface area contributed by atoms with Crippen LogP contribution in [0.3, 0.4) is 0 Å². The van der Waals surface area contributed by atoms with E-state index < -0.39 is 35.7 Å². The zero-order chi connectivity index (χ0) is 16.8. The van der Waals surface area contributed by atoms with E-state index in [1.165, 1.54) is 12.5 Å². The van der Waals surface area contributed by atoms with E-state index in [0.717, 1.165) is 25.3 Å². The van der Waals surface area contributed by atoms with Gasteiger partial charge in [0.1, 0.15) is 30.1 Å². The monoisotopic (exact) mass is 327 g/mol. The molecule has 0 saturated heterocycles. The molecule has 1 aliphatic rings. The number of halogens is 2. The number of nitrogens with one attached hydrogen (secondary N) is 1. The number of methoxy groups -OCH3 is 1. The van der Waals surface area contributed by atoms with E-state index in [4.69, 9.17) is 9.47 Å². The first-order chi connectivity index (χ1) is 11.0. The van der Waals surface area contributed by atoms with Crippen LogP contribution >= 0.6 is 0 Å². The van der Waals surface area contributed by atoms with Gasteiger partial charge >= 0.3 is 5.97 Å². The molecule has 1 amide bonds. The van der Waals surface area contributed by atoms with Crippen LogP contribution in [0.1, 0.15) is 12.0 Å². The largest absolute Gasteiger partial charge is 0.468 e. The maximum Gasteiger partial charge on any atom is 0.318 e. The molecule has 1 atom stereocenters. The Kier molecular flexibility index (Phi) is 5.51. The first kappa shape index (κ1) is 16.7. The smallest absolute Gasteiger partial charge is 0.318 e. The van der Waals surface area contributed by atoms with Gasteiger partial charge in [0, 0.05) is 19.0 Å². The number of benzene rings is 1. The van der Waals surface area contributed by atoms with E-state index in [0.29, 0.717) is 0 Å². The number of hydrogen-bond acceptors (Lipinski definition) is 5. The molecule has 124 valence electrons. The van der Waals surface area contributed by atoms with Gasteiger partial charge in [-0.2, -0.15) is 0 Å². The summed E-state index contributed by atoms with van der Waals surface area (Å²) in [6.45, 7) is -0.133. The molecule has 0 spiro atoms. The van der Waals surface area contributed by atoms with Gasteiger partial charge in [0.15, 0.2) is 0 Å². The zero-order valence-corrected chi connectivity index (χ0v) is 12.3. The van der Waals surface area contributed by atoms with Crippen molar-refractivity contribution in [1.82, 2.24) is 5.32 Å². The lowest BCUT2D eigenvalue weighted by molar-refractivity contribution is -0.154. The molecule has 1 aromatic rings. The van der Waals surface area contributed by atoms with Crippen molar-refractivity contribution in [3.8, 4) is 0 Å². The van der Waals surface area contributed by atoms with Gasteiger partial charge in [-0.25, -0.2) is 8.78 Å². The van der Waals surface area contributed by atoms with Crippen LogP contribution in [-0.4, -0.2) is 25.3 Å². The Bertz CT molecular complexity index is 592. The lowest BCUT2D eigenvalue weighted by atomic mass is 10.0. The molecule has 0 saturated carbocycles. The molecule has 1 aromatic carbocycles. The van der Waals surface area contributed by atoms with Crippen LogP contribution in [-0.2, 0) is 30.3 Å². The van der Waals surface area contributed by atoms with Crippen molar-refractivity contribution in [1.29, 1.82) is 0 Å². The van der Waals surface area contributed by atoms with E-state index in [9.17, 15) is 18.4 Å².